The molecule has 0 aromatic heterocycles. The quantitative estimate of drug-likeness (QED) is 0.332. The van der Waals surface area contributed by atoms with E-state index >= 15 is 0 Å². The maximum absolute atomic E-state index is 13.5. The van der Waals surface area contributed by atoms with Crippen molar-refractivity contribution in [3.8, 4) is 0 Å². The summed E-state index contributed by atoms with van der Waals surface area (Å²) < 4.78 is 24.7. The van der Waals surface area contributed by atoms with E-state index in [2.05, 4.69) is 34.7 Å². The topological polar surface area (TPSA) is 79.9 Å². The minimum Gasteiger partial charge on any atom is -0.377 e. The van der Waals surface area contributed by atoms with Gasteiger partial charge in [-0.05, 0) is 74.6 Å². The number of amides is 2. The van der Waals surface area contributed by atoms with Crippen LogP contribution in [0.2, 0.25) is 0 Å². The molecule has 7 unspecified atom stereocenters. The molecule has 0 spiro atoms. The molecule has 1 aromatic rings. The second kappa shape index (κ2) is 12.0. The Hall–Kier alpha value is -2.29. The molecule has 2 aliphatic heterocycles. The molecule has 7 atom stereocenters. The van der Waals surface area contributed by atoms with Gasteiger partial charge in [-0.15, -0.1) is 0 Å². The van der Waals surface area contributed by atoms with Gasteiger partial charge in [0.2, 0.25) is 11.8 Å². The Balaban J connectivity index is 0.962. The molecule has 8 heteroatoms. The molecule has 2 heterocycles. The van der Waals surface area contributed by atoms with Crippen molar-refractivity contribution in [2.45, 2.75) is 50.1 Å². The summed E-state index contributed by atoms with van der Waals surface area (Å²) >= 11 is 0. The van der Waals surface area contributed by atoms with Gasteiger partial charge in [0, 0.05) is 31.1 Å². The van der Waals surface area contributed by atoms with Crippen molar-refractivity contribution in [3.05, 3.63) is 47.8 Å². The average Bonchev–Trinajstić information content (AvgIpc) is 3.58. The SMILES string of the molecule is CN1C2CCC1C(C(=O)NCCOCCOCCNC(=O)C1CC3C=CC1C3)C(c1ccc(F)cc1)C2. The number of carbonyl (C=O) groups excluding carboxylic acids is 2. The molecule has 4 aliphatic rings. The third-order valence-electron chi connectivity index (χ3n) is 8.95. The molecule has 202 valence electrons. The van der Waals surface area contributed by atoms with E-state index in [-0.39, 0.29) is 41.4 Å². The highest BCUT2D eigenvalue weighted by molar-refractivity contribution is 5.81. The van der Waals surface area contributed by atoms with Crippen LogP contribution in [-0.4, -0.2) is 75.4 Å². The lowest BCUT2D eigenvalue weighted by molar-refractivity contribution is -0.129. The maximum atomic E-state index is 13.5. The number of nitrogens with one attached hydrogen (secondary N) is 2. The lowest BCUT2D eigenvalue weighted by atomic mass is 9.75. The van der Waals surface area contributed by atoms with Crippen LogP contribution in [0.3, 0.4) is 0 Å². The Morgan fingerprint density at radius 1 is 0.919 bits per heavy atom. The van der Waals surface area contributed by atoms with Crippen molar-refractivity contribution in [3.63, 3.8) is 0 Å². The van der Waals surface area contributed by atoms with Crippen LogP contribution in [0.25, 0.3) is 0 Å². The number of ether oxygens (including phenoxy) is 2. The summed E-state index contributed by atoms with van der Waals surface area (Å²) in [6, 6.07) is 7.33. The number of hydrogen-bond acceptors (Lipinski definition) is 5. The minimum atomic E-state index is -0.250. The number of hydrogen-bond donors (Lipinski definition) is 2. The van der Waals surface area contributed by atoms with Gasteiger partial charge < -0.3 is 20.1 Å². The Morgan fingerprint density at radius 2 is 1.62 bits per heavy atom. The highest BCUT2D eigenvalue weighted by atomic mass is 19.1. The Kier molecular flexibility index (Phi) is 8.57. The van der Waals surface area contributed by atoms with Crippen molar-refractivity contribution in [2.75, 3.05) is 46.6 Å². The van der Waals surface area contributed by atoms with Crippen LogP contribution >= 0.6 is 0 Å². The number of benzene rings is 1. The van der Waals surface area contributed by atoms with Crippen LogP contribution in [0, 0.1) is 29.5 Å². The third kappa shape index (κ3) is 6.07. The van der Waals surface area contributed by atoms with Gasteiger partial charge in [-0.2, -0.15) is 0 Å². The maximum Gasteiger partial charge on any atom is 0.225 e. The van der Waals surface area contributed by atoms with Gasteiger partial charge in [-0.25, -0.2) is 4.39 Å². The Morgan fingerprint density at radius 3 is 2.27 bits per heavy atom. The summed E-state index contributed by atoms with van der Waals surface area (Å²) in [7, 11) is 2.12. The van der Waals surface area contributed by atoms with E-state index in [0.29, 0.717) is 57.4 Å². The number of allylic oxidation sites excluding steroid dienone is 2. The second-order valence-electron chi connectivity index (χ2n) is 11.1. The zero-order chi connectivity index (χ0) is 25.8. The first-order chi connectivity index (χ1) is 18.0. The largest absolute Gasteiger partial charge is 0.377 e. The highest BCUT2D eigenvalue weighted by Crippen LogP contribution is 2.46. The molecule has 5 rings (SSSR count). The summed E-state index contributed by atoms with van der Waals surface area (Å²) in [6.45, 7) is 2.73. The molecule has 2 aliphatic carbocycles. The van der Waals surface area contributed by atoms with E-state index in [1.54, 1.807) is 0 Å². The fourth-order valence-corrected chi connectivity index (χ4v) is 7.02. The lowest BCUT2D eigenvalue weighted by Gasteiger charge is -2.42. The van der Waals surface area contributed by atoms with Crippen LogP contribution in [0.4, 0.5) is 4.39 Å². The van der Waals surface area contributed by atoms with Crippen molar-refractivity contribution < 1.29 is 23.5 Å². The van der Waals surface area contributed by atoms with Crippen LogP contribution in [0.15, 0.2) is 36.4 Å². The van der Waals surface area contributed by atoms with Crippen molar-refractivity contribution >= 4 is 11.8 Å². The van der Waals surface area contributed by atoms with Crippen molar-refractivity contribution in [2.24, 2.45) is 23.7 Å². The van der Waals surface area contributed by atoms with Gasteiger partial charge >= 0.3 is 0 Å². The molecule has 7 nitrogen and oxygen atoms in total. The third-order valence-corrected chi connectivity index (χ3v) is 8.95. The molecule has 2 amide bonds. The lowest BCUT2D eigenvalue weighted by Crippen LogP contribution is -2.52. The molecule has 4 bridgehead atoms. The summed E-state index contributed by atoms with van der Waals surface area (Å²) in [5, 5.41) is 6.06. The molecular weight excluding hydrogens is 473 g/mol. The number of halogens is 1. The first-order valence-electron chi connectivity index (χ1n) is 13.9. The number of carbonyl (C=O) groups is 2. The molecule has 1 saturated carbocycles. The van der Waals surface area contributed by atoms with Crippen LogP contribution in [0.1, 0.15) is 43.6 Å². The number of rotatable bonds is 12. The van der Waals surface area contributed by atoms with E-state index in [4.69, 9.17) is 9.47 Å². The predicted molar refractivity (Wildman–Crippen MR) is 138 cm³/mol. The van der Waals surface area contributed by atoms with E-state index in [1.807, 2.05) is 12.1 Å². The van der Waals surface area contributed by atoms with Crippen LogP contribution in [-0.2, 0) is 19.1 Å². The molecule has 2 N–H and O–H groups in total. The predicted octanol–water partition coefficient (Wildman–Crippen LogP) is 2.87. The standard InChI is InChI=1S/C29H40FN3O4/c1-33-23-8-9-26(33)27(24(18-23)20-4-6-22(30)7-5-20)29(35)32-11-13-37-15-14-36-12-10-31-28(34)25-17-19-2-3-21(25)16-19/h2-7,19,21,23-27H,8-18H2,1H3,(H,31,34)(H,32,35). The molecular formula is C29H40FN3O4. The van der Waals surface area contributed by atoms with Crippen molar-refractivity contribution in [1.82, 2.24) is 15.5 Å². The van der Waals surface area contributed by atoms with E-state index in [0.717, 1.165) is 37.7 Å². The first-order valence-corrected chi connectivity index (χ1v) is 13.9. The van der Waals surface area contributed by atoms with E-state index in [9.17, 15) is 14.0 Å². The molecule has 37 heavy (non-hydrogen) atoms. The molecule has 3 fully saturated rings. The van der Waals surface area contributed by atoms with Gasteiger partial charge in [0.05, 0.1) is 32.3 Å². The van der Waals surface area contributed by atoms with Gasteiger partial charge in [0.25, 0.3) is 0 Å². The zero-order valence-corrected chi connectivity index (χ0v) is 21.7. The summed E-state index contributed by atoms with van der Waals surface area (Å²) in [6.07, 6.45) is 9.58. The second-order valence-corrected chi connectivity index (χ2v) is 11.1. The van der Waals surface area contributed by atoms with E-state index < -0.39 is 0 Å². The fraction of sp³-hybridized carbons (Fsp3) is 0.655. The number of fused-ring (bicyclic) bond motifs is 4. The van der Waals surface area contributed by atoms with Gasteiger partial charge in [-0.3, -0.25) is 14.5 Å². The summed E-state index contributed by atoms with van der Waals surface area (Å²) in [5.74, 6) is 1.03. The minimum absolute atomic E-state index is 0.0492. The highest BCUT2D eigenvalue weighted by Gasteiger charge is 2.48. The first kappa shape index (κ1) is 26.3. The van der Waals surface area contributed by atoms with E-state index in [1.165, 1.54) is 12.1 Å². The van der Waals surface area contributed by atoms with Crippen LogP contribution in [0.5, 0.6) is 0 Å². The smallest absolute Gasteiger partial charge is 0.225 e. The number of nitrogens with zero attached hydrogens (tertiary/aromatic N) is 1. The van der Waals surface area contributed by atoms with Gasteiger partial charge in [-0.1, -0.05) is 24.3 Å². The summed E-state index contributed by atoms with van der Waals surface area (Å²) in [5.41, 5.74) is 1.04. The normalized spacial score (nSPS) is 32.1. The fourth-order valence-electron chi connectivity index (χ4n) is 7.02. The Bertz CT molecular complexity index is 970. The van der Waals surface area contributed by atoms with Crippen LogP contribution < -0.4 is 10.6 Å². The average molecular weight is 514 g/mol. The van der Waals surface area contributed by atoms with Gasteiger partial charge in [0.1, 0.15) is 5.82 Å². The zero-order valence-electron chi connectivity index (χ0n) is 21.7. The number of piperidine rings is 1. The molecule has 0 radical (unpaired) electrons. The Labute approximate surface area is 219 Å². The molecule has 1 aromatic carbocycles. The monoisotopic (exact) mass is 513 g/mol. The molecule has 2 saturated heterocycles. The van der Waals surface area contributed by atoms with Crippen molar-refractivity contribution in [1.29, 1.82) is 0 Å². The van der Waals surface area contributed by atoms with Gasteiger partial charge in [0.15, 0.2) is 0 Å². The summed E-state index contributed by atoms with van der Waals surface area (Å²) in [4.78, 5) is 27.9.